The van der Waals surface area contributed by atoms with Gasteiger partial charge in [0.15, 0.2) is 0 Å². The first-order chi connectivity index (χ1) is 5.16. The van der Waals surface area contributed by atoms with Gasteiger partial charge in [-0.05, 0) is 12.5 Å². The van der Waals surface area contributed by atoms with Crippen LogP contribution in [0.2, 0.25) is 0 Å². The summed E-state index contributed by atoms with van der Waals surface area (Å²) in [6.45, 7) is 3.75. The molecule has 0 rings (SSSR count). The van der Waals surface area contributed by atoms with E-state index in [2.05, 4.69) is 5.32 Å². The number of aliphatic hydroxyl groups is 1. The van der Waals surface area contributed by atoms with Crippen LogP contribution in [0.3, 0.4) is 0 Å². The van der Waals surface area contributed by atoms with E-state index >= 15 is 0 Å². The van der Waals surface area contributed by atoms with E-state index in [4.69, 9.17) is 5.11 Å². The van der Waals surface area contributed by atoms with Crippen molar-refractivity contribution in [2.45, 2.75) is 6.92 Å². The van der Waals surface area contributed by atoms with Gasteiger partial charge in [-0.15, -0.1) is 0 Å². The van der Waals surface area contributed by atoms with Crippen molar-refractivity contribution in [3.8, 4) is 0 Å². The largest absolute Gasteiger partial charge is 0.396 e. The molecule has 0 bridgehead atoms. The molecule has 0 aliphatic heterocycles. The fourth-order valence-electron chi connectivity index (χ4n) is 0.629. The zero-order chi connectivity index (χ0) is 8.69. The van der Waals surface area contributed by atoms with Gasteiger partial charge in [0.05, 0.1) is 0 Å². The smallest absolute Gasteiger partial charge is 0.0468 e. The third-order valence-corrected chi connectivity index (χ3v) is 2.15. The van der Waals surface area contributed by atoms with E-state index in [0.717, 1.165) is 13.1 Å². The minimum atomic E-state index is -0.707. The van der Waals surface area contributed by atoms with Crippen molar-refractivity contribution < 1.29 is 9.32 Å². The van der Waals surface area contributed by atoms with E-state index in [-0.39, 0.29) is 6.61 Å². The number of hydrogen-bond acceptors (Lipinski definition) is 3. The summed E-state index contributed by atoms with van der Waals surface area (Å²) in [5.41, 5.74) is 0. The number of hydrogen-bond donors (Lipinski definition) is 2. The molecule has 0 radical (unpaired) electrons. The van der Waals surface area contributed by atoms with Crippen LogP contribution in [0.4, 0.5) is 0 Å². The van der Waals surface area contributed by atoms with Crippen LogP contribution in [0.1, 0.15) is 6.92 Å². The second-order valence-electron chi connectivity index (χ2n) is 2.77. The lowest BCUT2D eigenvalue weighted by molar-refractivity contribution is 0.234. The van der Waals surface area contributed by atoms with Gasteiger partial charge in [0, 0.05) is 36.0 Å². The summed E-state index contributed by atoms with van der Waals surface area (Å²) in [6, 6.07) is 0. The van der Waals surface area contributed by atoms with E-state index in [0.29, 0.717) is 11.7 Å². The molecule has 0 spiro atoms. The predicted octanol–water partition coefficient (Wildman–Crippen LogP) is -0.417. The van der Waals surface area contributed by atoms with Crippen LogP contribution in [-0.4, -0.2) is 41.0 Å². The average Bonchev–Trinajstić information content (AvgIpc) is 1.97. The Bertz CT molecular complexity index is 119. The third kappa shape index (κ3) is 7.97. The highest BCUT2D eigenvalue weighted by molar-refractivity contribution is 7.84. The molecule has 0 fully saturated rings. The molecule has 0 heterocycles. The van der Waals surface area contributed by atoms with Gasteiger partial charge in [0.2, 0.25) is 0 Å². The molecule has 2 unspecified atom stereocenters. The molecule has 0 aromatic heterocycles. The van der Waals surface area contributed by atoms with Crippen LogP contribution in [0, 0.1) is 5.92 Å². The summed E-state index contributed by atoms with van der Waals surface area (Å²) < 4.78 is 10.6. The monoisotopic (exact) mass is 179 g/mol. The second-order valence-corrected chi connectivity index (χ2v) is 4.32. The molecule has 0 aromatic rings. The zero-order valence-corrected chi connectivity index (χ0v) is 7.99. The highest BCUT2D eigenvalue weighted by Gasteiger charge is 1.97. The summed E-state index contributed by atoms with van der Waals surface area (Å²) in [5, 5.41) is 11.8. The summed E-state index contributed by atoms with van der Waals surface area (Å²) in [7, 11) is -0.707. The summed E-state index contributed by atoms with van der Waals surface area (Å²) >= 11 is 0. The van der Waals surface area contributed by atoms with Crippen LogP contribution < -0.4 is 5.32 Å². The van der Waals surface area contributed by atoms with Gasteiger partial charge in [0.25, 0.3) is 0 Å². The molecule has 68 valence electrons. The van der Waals surface area contributed by atoms with Crippen LogP contribution >= 0.6 is 0 Å². The van der Waals surface area contributed by atoms with Gasteiger partial charge in [-0.2, -0.15) is 0 Å². The van der Waals surface area contributed by atoms with E-state index in [9.17, 15) is 4.21 Å². The first-order valence-corrected chi connectivity index (χ1v) is 5.51. The third-order valence-electron chi connectivity index (χ3n) is 1.37. The molecule has 0 saturated carbocycles. The highest BCUT2D eigenvalue weighted by atomic mass is 32.2. The minimum absolute atomic E-state index is 0.211. The Morgan fingerprint density at radius 2 is 2.27 bits per heavy atom. The minimum Gasteiger partial charge on any atom is -0.396 e. The molecular weight excluding hydrogens is 162 g/mol. The SMILES string of the molecule is CC(CO)CNCCS(C)=O. The lowest BCUT2D eigenvalue weighted by atomic mass is 10.2. The van der Waals surface area contributed by atoms with Crippen molar-refractivity contribution in [2.75, 3.05) is 31.7 Å². The van der Waals surface area contributed by atoms with Crippen LogP contribution in [0.5, 0.6) is 0 Å². The Kier molecular flexibility index (Phi) is 6.80. The predicted molar refractivity (Wildman–Crippen MR) is 48.1 cm³/mol. The molecule has 4 heteroatoms. The van der Waals surface area contributed by atoms with Gasteiger partial charge < -0.3 is 10.4 Å². The van der Waals surface area contributed by atoms with Crippen LogP contribution in [-0.2, 0) is 10.8 Å². The maximum Gasteiger partial charge on any atom is 0.0468 e. The van der Waals surface area contributed by atoms with Crippen molar-refractivity contribution in [1.29, 1.82) is 0 Å². The fraction of sp³-hybridized carbons (Fsp3) is 1.00. The topological polar surface area (TPSA) is 49.3 Å². The normalized spacial score (nSPS) is 16.3. The van der Waals surface area contributed by atoms with Crippen molar-refractivity contribution in [3.05, 3.63) is 0 Å². The van der Waals surface area contributed by atoms with E-state index < -0.39 is 10.8 Å². The fourth-order valence-corrected chi connectivity index (χ4v) is 1.06. The number of rotatable bonds is 6. The Hall–Kier alpha value is 0.0700. The Balaban J connectivity index is 3.08. The maximum absolute atomic E-state index is 10.6. The summed E-state index contributed by atoms with van der Waals surface area (Å²) in [4.78, 5) is 0. The number of nitrogens with one attached hydrogen (secondary N) is 1. The zero-order valence-electron chi connectivity index (χ0n) is 7.17. The van der Waals surface area contributed by atoms with E-state index in [1.165, 1.54) is 0 Å². The lowest BCUT2D eigenvalue weighted by Gasteiger charge is -2.07. The molecule has 0 aliphatic rings. The summed E-state index contributed by atoms with van der Waals surface area (Å²) in [6.07, 6.45) is 1.69. The highest BCUT2D eigenvalue weighted by Crippen LogP contribution is 1.87. The second kappa shape index (κ2) is 6.76. The summed E-state index contributed by atoms with van der Waals surface area (Å²) in [5.74, 6) is 0.985. The van der Waals surface area contributed by atoms with Crippen LogP contribution in [0.25, 0.3) is 0 Å². The molecule has 0 amide bonds. The van der Waals surface area contributed by atoms with Crippen molar-refractivity contribution in [1.82, 2.24) is 5.32 Å². The van der Waals surface area contributed by atoms with Crippen molar-refractivity contribution >= 4 is 10.8 Å². The molecule has 0 aliphatic carbocycles. The molecular formula is C7H17NO2S. The first kappa shape index (κ1) is 11.1. The van der Waals surface area contributed by atoms with Gasteiger partial charge in [-0.3, -0.25) is 4.21 Å². The Morgan fingerprint density at radius 3 is 2.73 bits per heavy atom. The molecule has 2 N–H and O–H groups in total. The molecule has 0 aromatic carbocycles. The van der Waals surface area contributed by atoms with Crippen molar-refractivity contribution in [2.24, 2.45) is 5.92 Å². The first-order valence-electron chi connectivity index (χ1n) is 3.78. The van der Waals surface area contributed by atoms with Crippen LogP contribution in [0.15, 0.2) is 0 Å². The van der Waals surface area contributed by atoms with Gasteiger partial charge in [0.1, 0.15) is 0 Å². The van der Waals surface area contributed by atoms with Crippen molar-refractivity contribution in [3.63, 3.8) is 0 Å². The molecule has 0 saturated heterocycles. The molecule has 2 atom stereocenters. The number of aliphatic hydroxyl groups excluding tert-OH is 1. The van der Waals surface area contributed by atoms with E-state index in [1.54, 1.807) is 6.26 Å². The van der Waals surface area contributed by atoms with E-state index in [1.807, 2.05) is 6.92 Å². The van der Waals surface area contributed by atoms with Gasteiger partial charge >= 0.3 is 0 Å². The standard InChI is InChI=1S/C7H17NO2S/c1-7(6-9)5-8-3-4-11(2)10/h7-9H,3-6H2,1-2H3. The quantitative estimate of drug-likeness (QED) is 0.545. The average molecular weight is 179 g/mol. The Labute approximate surface area is 70.6 Å². The molecule has 3 nitrogen and oxygen atoms in total. The Morgan fingerprint density at radius 1 is 1.64 bits per heavy atom. The lowest BCUT2D eigenvalue weighted by Crippen LogP contribution is -2.26. The molecule has 11 heavy (non-hydrogen) atoms. The maximum atomic E-state index is 10.6. The van der Waals surface area contributed by atoms with Gasteiger partial charge in [-0.1, -0.05) is 6.92 Å². The van der Waals surface area contributed by atoms with Gasteiger partial charge in [-0.25, -0.2) is 0 Å².